The van der Waals surface area contributed by atoms with Crippen LogP contribution in [-0.2, 0) is 0 Å². The number of benzene rings is 2. The minimum atomic E-state index is -0.0922. The van der Waals surface area contributed by atoms with E-state index in [0.29, 0.717) is 11.6 Å². The van der Waals surface area contributed by atoms with Crippen LogP contribution in [0.3, 0.4) is 0 Å². The summed E-state index contributed by atoms with van der Waals surface area (Å²) in [6.45, 7) is 2.57. The molecule has 4 heteroatoms. The average molecular weight is 308 g/mol. The normalized spacial score (nSPS) is 12.2. The van der Waals surface area contributed by atoms with Crippen LogP contribution >= 0.6 is 23.4 Å². The Morgan fingerprint density at radius 2 is 1.95 bits per heavy atom. The summed E-state index contributed by atoms with van der Waals surface area (Å²) in [6, 6.07) is 15.8. The van der Waals surface area contributed by atoms with E-state index in [1.54, 1.807) is 11.8 Å². The second kappa shape index (κ2) is 7.58. The van der Waals surface area contributed by atoms with Crippen LogP contribution in [0.15, 0.2) is 53.4 Å². The molecule has 106 valence electrons. The Hall–Kier alpha value is -1.16. The number of thioether (sulfide) groups is 1. The molecule has 2 aromatic carbocycles. The first-order valence-corrected chi connectivity index (χ1v) is 7.89. The fraction of sp³-hybridized carbons (Fsp3) is 0.250. The molecule has 0 spiro atoms. The molecule has 0 saturated carbocycles. The highest BCUT2D eigenvalue weighted by Crippen LogP contribution is 2.27. The van der Waals surface area contributed by atoms with Crippen LogP contribution in [0, 0.1) is 0 Å². The summed E-state index contributed by atoms with van der Waals surface area (Å²) < 4.78 is 5.82. The van der Waals surface area contributed by atoms with E-state index in [1.165, 1.54) is 4.90 Å². The molecule has 0 fully saturated rings. The molecule has 0 amide bonds. The van der Waals surface area contributed by atoms with Crippen LogP contribution in [0.2, 0.25) is 5.02 Å². The first kappa shape index (κ1) is 15.2. The highest BCUT2D eigenvalue weighted by Gasteiger charge is 2.08. The third kappa shape index (κ3) is 4.44. The van der Waals surface area contributed by atoms with Crippen LogP contribution in [0.4, 0.5) is 0 Å². The van der Waals surface area contributed by atoms with Crippen molar-refractivity contribution in [1.82, 2.24) is 0 Å². The molecule has 2 nitrogen and oxygen atoms in total. The maximum Gasteiger partial charge on any atom is 0.124 e. The Kier molecular flexibility index (Phi) is 5.77. The molecule has 0 aromatic heterocycles. The van der Waals surface area contributed by atoms with Crippen molar-refractivity contribution < 1.29 is 4.74 Å². The Balaban J connectivity index is 1.88. The van der Waals surface area contributed by atoms with Gasteiger partial charge in [-0.1, -0.05) is 29.8 Å². The molecule has 0 aliphatic carbocycles. The second-order valence-corrected chi connectivity index (χ2v) is 6.09. The third-order valence-corrected chi connectivity index (χ3v) is 4.03. The van der Waals surface area contributed by atoms with Gasteiger partial charge >= 0.3 is 0 Å². The van der Waals surface area contributed by atoms with Crippen molar-refractivity contribution in [2.75, 3.05) is 12.4 Å². The first-order chi connectivity index (χ1) is 9.66. The van der Waals surface area contributed by atoms with Gasteiger partial charge in [-0.3, -0.25) is 0 Å². The van der Waals surface area contributed by atoms with E-state index < -0.39 is 0 Å². The van der Waals surface area contributed by atoms with Crippen LogP contribution in [0.25, 0.3) is 0 Å². The van der Waals surface area contributed by atoms with E-state index in [-0.39, 0.29) is 6.04 Å². The standard InChI is InChI=1S/C16H18ClNOS/c1-12(18)15-11-13(17)7-8-16(15)19-9-10-20-14-5-3-2-4-6-14/h2-8,11-12H,9-10,18H2,1H3/t12-/m1/s1. The summed E-state index contributed by atoms with van der Waals surface area (Å²) in [5.74, 6) is 1.71. The molecule has 0 radical (unpaired) electrons. The fourth-order valence-corrected chi connectivity index (χ4v) is 2.77. The predicted molar refractivity (Wildman–Crippen MR) is 86.7 cm³/mol. The molecule has 0 unspecified atom stereocenters. The van der Waals surface area contributed by atoms with Gasteiger partial charge < -0.3 is 10.5 Å². The monoisotopic (exact) mass is 307 g/mol. The molecule has 0 bridgehead atoms. The second-order valence-electron chi connectivity index (χ2n) is 4.48. The number of rotatable bonds is 6. The maximum atomic E-state index is 5.99. The van der Waals surface area contributed by atoms with E-state index in [1.807, 2.05) is 43.3 Å². The largest absolute Gasteiger partial charge is 0.492 e. The van der Waals surface area contributed by atoms with Crippen molar-refractivity contribution >= 4 is 23.4 Å². The number of nitrogens with two attached hydrogens (primary N) is 1. The lowest BCUT2D eigenvalue weighted by Crippen LogP contribution is -2.09. The van der Waals surface area contributed by atoms with E-state index in [4.69, 9.17) is 22.1 Å². The summed E-state index contributed by atoms with van der Waals surface area (Å²) in [6.07, 6.45) is 0. The van der Waals surface area contributed by atoms with Gasteiger partial charge in [0, 0.05) is 27.3 Å². The average Bonchev–Trinajstić information content (AvgIpc) is 2.45. The number of halogens is 1. The molecule has 20 heavy (non-hydrogen) atoms. The van der Waals surface area contributed by atoms with Crippen LogP contribution in [-0.4, -0.2) is 12.4 Å². The highest BCUT2D eigenvalue weighted by atomic mass is 35.5. The van der Waals surface area contributed by atoms with Crippen molar-refractivity contribution in [3.05, 3.63) is 59.1 Å². The molecule has 0 saturated heterocycles. The number of ether oxygens (including phenoxy) is 1. The minimum absolute atomic E-state index is 0.0922. The van der Waals surface area contributed by atoms with Crippen LogP contribution in [0.1, 0.15) is 18.5 Å². The SMILES string of the molecule is C[C@@H](N)c1cc(Cl)ccc1OCCSc1ccccc1. The topological polar surface area (TPSA) is 35.2 Å². The minimum Gasteiger partial charge on any atom is -0.492 e. The Labute approximate surface area is 129 Å². The summed E-state index contributed by atoms with van der Waals surface area (Å²) in [5, 5.41) is 0.684. The van der Waals surface area contributed by atoms with Gasteiger partial charge in [-0.25, -0.2) is 0 Å². The quantitative estimate of drug-likeness (QED) is 0.629. The lowest BCUT2D eigenvalue weighted by molar-refractivity contribution is 0.338. The van der Waals surface area contributed by atoms with Gasteiger partial charge in [0.25, 0.3) is 0 Å². The Morgan fingerprint density at radius 3 is 2.65 bits per heavy atom. The predicted octanol–water partition coefficient (Wildman–Crippen LogP) is 4.53. The Bertz CT molecular complexity index is 545. The van der Waals surface area contributed by atoms with Crippen molar-refractivity contribution in [3.8, 4) is 5.75 Å². The molecule has 2 rings (SSSR count). The smallest absolute Gasteiger partial charge is 0.124 e. The summed E-state index contributed by atoms with van der Waals surface area (Å²) in [5.41, 5.74) is 6.88. The lowest BCUT2D eigenvalue weighted by atomic mass is 10.1. The molecule has 1 atom stereocenters. The van der Waals surface area contributed by atoms with E-state index in [2.05, 4.69) is 12.1 Å². The van der Waals surface area contributed by atoms with Crippen molar-refractivity contribution in [2.45, 2.75) is 17.9 Å². The summed E-state index contributed by atoms with van der Waals surface area (Å²) in [7, 11) is 0. The number of hydrogen-bond acceptors (Lipinski definition) is 3. The molecule has 0 heterocycles. The summed E-state index contributed by atoms with van der Waals surface area (Å²) >= 11 is 7.76. The van der Waals surface area contributed by atoms with Gasteiger partial charge in [0.1, 0.15) is 5.75 Å². The van der Waals surface area contributed by atoms with Gasteiger partial charge in [-0.15, -0.1) is 11.8 Å². The highest BCUT2D eigenvalue weighted by molar-refractivity contribution is 7.99. The third-order valence-electron chi connectivity index (χ3n) is 2.82. The zero-order valence-corrected chi connectivity index (χ0v) is 13.0. The molecule has 2 N–H and O–H groups in total. The maximum absolute atomic E-state index is 5.99. The zero-order chi connectivity index (χ0) is 14.4. The molecular weight excluding hydrogens is 290 g/mol. The van der Waals surface area contributed by atoms with E-state index in [9.17, 15) is 0 Å². The van der Waals surface area contributed by atoms with E-state index in [0.717, 1.165) is 17.1 Å². The van der Waals surface area contributed by atoms with Gasteiger partial charge in [-0.05, 0) is 37.3 Å². The van der Waals surface area contributed by atoms with Gasteiger partial charge in [-0.2, -0.15) is 0 Å². The molecule has 2 aromatic rings. The summed E-state index contributed by atoms with van der Waals surface area (Å²) in [4.78, 5) is 1.25. The fourth-order valence-electron chi connectivity index (χ4n) is 1.83. The van der Waals surface area contributed by atoms with E-state index >= 15 is 0 Å². The molecular formula is C16H18ClNOS. The Morgan fingerprint density at radius 1 is 1.20 bits per heavy atom. The first-order valence-electron chi connectivity index (χ1n) is 6.52. The van der Waals surface area contributed by atoms with Gasteiger partial charge in [0.2, 0.25) is 0 Å². The molecule has 0 aliphatic heterocycles. The van der Waals surface area contributed by atoms with Crippen molar-refractivity contribution in [2.24, 2.45) is 5.73 Å². The van der Waals surface area contributed by atoms with Crippen LogP contribution < -0.4 is 10.5 Å². The van der Waals surface area contributed by atoms with Crippen molar-refractivity contribution in [1.29, 1.82) is 0 Å². The number of hydrogen-bond donors (Lipinski definition) is 1. The van der Waals surface area contributed by atoms with Gasteiger partial charge in [0.15, 0.2) is 0 Å². The van der Waals surface area contributed by atoms with Gasteiger partial charge in [0.05, 0.1) is 6.61 Å². The zero-order valence-electron chi connectivity index (χ0n) is 11.4. The molecule has 0 aliphatic rings. The van der Waals surface area contributed by atoms with Crippen LogP contribution in [0.5, 0.6) is 5.75 Å². The van der Waals surface area contributed by atoms with Crippen molar-refractivity contribution in [3.63, 3.8) is 0 Å². The lowest BCUT2D eigenvalue weighted by Gasteiger charge is -2.14.